The van der Waals surface area contributed by atoms with Crippen LogP contribution < -0.4 is 10.6 Å². The molecule has 4 nitrogen and oxygen atoms in total. The Morgan fingerprint density at radius 1 is 1.50 bits per heavy atom. The molecule has 2 N–H and O–H groups in total. The molecule has 0 radical (unpaired) electrons. The van der Waals surface area contributed by atoms with Gasteiger partial charge in [-0.15, -0.1) is 11.3 Å². The molecule has 1 atom stereocenters. The van der Waals surface area contributed by atoms with Crippen molar-refractivity contribution in [1.29, 1.82) is 0 Å². The lowest BCUT2D eigenvalue weighted by molar-refractivity contribution is -0.123. The summed E-state index contributed by atoms with van der Waals surface area (Å²) in [4.78, 5) is 15.5. The van der Waals surface area contributed by atoms with E-state index in [1.165, 1.54) is 17.7 Å². The van der Waals surface area contributed by atoms with Crippen LogP contribution in [0.15, 0.2) is 17.5 Å². The van der Waals surface area contributed by atoms with E-state index >= 15 is 0 Å². The maximum atomic E-state index is 12.1. The number of hydrogen-bond donors (Lipinski definition) is 2. The van der Waals surface area contributed by atoms with Crippen LogP contribution in [0.25, 0.3) is 0 Å². The van der Waals surface area contributed by atoms with E-state index in [1.807, 2.05) is 25.4 Å². The van der Waals surface area contributed by atoms with E-state index in [9.17, 15) is 4.79 Å². The van der Waals surface area contributed by atoms with Crippen LogP contribution >= 0.6 is 11.3 Å². The molecule has 1 aromatic rings. The van der Waals surface area contributed by atoms with Crippen molar-refractivity contribution in [2.24, 2.45) is 5.92 Å². The Kier molecular flexibility index (Phi) is 6.01. The number of hydrogen-bond acceptors (Lipinski definition) is 4. The lowest BCUT2D eigenvalue weighted by Gasteiger charge is -2.31. The molecule has 1 fully saturated rings. The normalized spacial score (nSPS) is 18.9. The summed E-state index contributed by atoms with van der Waals surface area (Å²) in [6.45, 7) is 5.74. The zero-order chi connectivity index (χ0) is 14.4. The molecule has 1 amide bonds. The second-order valence-corrected chi connectivity index (χ2v) is 6.56. The predicted octanol–water partition coefficient (Wildman–Crippen LogP) is 1.86. The van der Waals surface area contributed by atoms with Crippen LogP contribution in [0.1, 0.15) is 30.7 Å². The first-order valence-corrected chi connectivity index (χ1v) is 8.26. The average Bonchev–Trinajstić information content (AvgIpc) is 2.95. The first-order chi connectivity index (χ1) is 9.69. The second kappa shape index (κ2) is 7.76. The van der Waals surface area contributed by atoms with Gasteiger partial charge in [0.25, 0.3) is 0 Å². The van der Waals surface area contributed by atoms with Gasteiger partial charge in [0, 0.05) is 4.88 Å². The largest absolute Gasteiger partial charge is 0.348 e. The maximum absolute atomic E-state index is 12.1. The lowest BCUT2D eigenvalue weighted by atomic mass is 9.97. The van der Waals surface area contributed by atoms with Crippen LogP contribution in [0.3, 0.4) is 0 Å². The monoisotopic (exact) mass is 295 g/mol. The molecule has 2 heterocycles. The minimum Gasteiger partial charge on any atom is -0.348 e. The second-order valence-electron chi connectivity index (χ2n) is 5.58. The summed E-state index contributed by atoms with van der Waals surface area (Å²) >= 11 is 1.69. The summed E-state index contributed by atoms with van der Waals surface area (Å²) in [5, 5.41) is 8.37. The molecule has 0 saturated carbocycles. The van der Waals surface area contributed by atoms with Crippen LogP contribution in [-0.4, -0.2) is 44.0 Å². The minimum absolute atomic E-state index is 0.115. The van der Waals surface area contributed by atoms with E-state index in [4.69, 9.17) is 0 Å². The number of piperidine rings is 1. The Balaban J connectivity index is 1.70. The summed E-state index contributed by atoms with van der Waals surface area (Å²) in [6.07, 6.45) is 2.38. The van der Waals surface area contributed by atoms with E-state index in [0.29, 0.717) is 6.54 Å². The van der Waals surface area contributed by atoms with Gasteiger partial charge in [0.1, 0.15) is 0 Å². The fourth-order valence-corrected chi connectivity index (χ4v) is 3.47. The number of nitrogens with zero attached hydrogens (tertiary/aromatic N) is 1. The zero-order valence-electron chi connectivity index (χ0n) is 12.4. The van der Waals surface area contributed by atoms with E-state index in [1.54, 1.807) is 11.3 Å². The average molecular weight is 295 g/mol. The van der Waals surface area contributed by atoms with Gasteiger partial charge in [-0.2, -0.15) is 0 Å². The standard InChI is InChI=1S/C15H25N3OS/c1-12(14-4-3-9-20-14)17-15(19)11-18-7-5-13(6-8-18)10-16-2/h3-4,9,12-13,16H,5-8,10-11H2,1-2H3,(H,17,19). The van der Waals surface area contributed by atoms with Gasteiger partial charge >= 0.3 is 0 Å². The molecule has 1 unspecified atom stereocenters. The van der Waals surface area contributed by atoms with Crippen LogP contribution in [0.4, 0.5) is 0 Å². The van der Waals surface area contributed by atoms with Gasteiger partial charge in [0.05, 0.1) is 12.6 Å². The third kappa shape index (κ3) is 4.58. The highest BCUT2D eigenvalue weighted by Crippen LogP contribution is 2.19. The van der Waals surface area contributed by atoms with E-state index < -0.39 is 0 Å². The van der Waals surface area contributed by atoms with Crippen molar-refractivity contribution < 1.29 is 4.79 Å². The smallest absolute Gasteiger partial charge is 0.234 e. The highest BCUT2D eigenvalue weighted by atomic mass is 32.1. The van der Waals surface area contributed by atoms with E-state index in [0.717, 1.165) is 25.6 Å². The number of rotatable bonds is 6. The Labute approximate surface area is 125 Å². The fraction of sp³-hybridized carbons (Fsp3) is 0.667. The molecule has 1 saturated heterocycles. The molecule has 1 aliphatic heterocycles. The Bertz CT molecular complexity index is 399. The van der Waals surface area contributed by atoms with Gasteiger partial charge in [0.15, 0.2) is 0 Å². The van der Waals surface area contributed by atoms with Crippen LogP contribution in [0.2, 0.25) is 0 Å². The molecule has 0 aromatic carbocycles. The van der Waals surface area contributed by atoms with Crippen LogP contribution in [-0.2, 0) is 4.79 Å². The summed E-state index contributed by atoms with van der Waals surface area (Å²) in [5.74, 6) is 0.905. The van der Waals surface area contributed by atoms with Crippen molar-refractivity contribution in [3.8, 4) is 0 Å². The molecular weight excluding hydrogens is 270 g/mol. The van der Waals surface area contributed by atoms with Gasteiger partial charge in [-0.25, -0.2) is 0 Å². The topological polar surface area (TPSA) is 44.4 Å². The Hall–Kier alpha value is -0.910. The molecule has 0 aliphatic carbocycles. The third-order valence-corrected chi connectivity index (χ3v) is 4.97. The fourth-order valence-electron chi connectivity index (χ4n) is 2.74. The molecule has 0 spiro atoms. The molecule has 1 aromatic heterocycles. The van der Waals surface area contributed by atoms with Crippen LogP contribution in [0.5, 0.6) is 0 Å². The van der Waals surface area contributed by atoms with Gasteiger partial charge in [-0.1, -0.05) is 6.07 Å². The Morgan fingerprint density at radius 3 is 2.85 bits per heavy atom. The quantitative estimate of drug-likeness (QED) is 0.842. The molecule has 112 valence electrons. The molecule has 2 rings (SSSR count). The van der Waals surface area contributed by atoms with E-state index in [-0.39, 0.29) is 11.9 Å². The molecule has 1 aliphatic rings. The first kappa shape index (κ1) is 15.5. The van der Waals surface area contributed by atoms with Crippen LogP contribution in [0, 0.1) is 5.92 Å². The Morgan fingerprint density at radius 2 is 2.25 bits per heavy atom. The van der Waals surface area contributed by atoms with Crippen molar-refractivity contribution in [3.05, 3.63) is 22.4 Å². The number of amides is 1. The maximum Gasteiger partial charge on any atom is 0.234 e. The number of carbonyl (C=O) groups excluding carboxylic acids is 1. The first-order valence-electron chi connectivity index (χ1n) is 7.38. The molecule has 0 bridgehead atoms. The lowest BCUT2D eigenvalue weighted by Crippen LogP contribution is -2.43. The highest BCUT2D eigenvalue weighted by Gasteiger charge is 2.21. The highest BCUT2D eigenvalue weighted by molar-refractivity contribution is 7.10. The number of likely N-dealkylation sites (tertiary alicyclic amines) is 1. The van der Waals surface area contributed by atoms with Gasteiger partial charge in [-0.3, -0.25) is 9.69 Å². The van der Waals surface area contributed by atoms with Crippen molar-refractivity contribution >= 4 is 17.2 Å². The minimum atomic E-state index is 0.115. The molecule has 5 heteroatoms. The SMILES string of the molecule is CNCC1CCN(CC(=O)NC(C)c2cccs2)CC1. The third-order valence-electron chi connectivity index (χ3n) is 3.91. The predicted molar refractivity (Wildman–Crippen MR) is 84.0 cm³/mol. The molecular formula is C15H25N3OS. The van der Waals surface area contributed by atoms with Gasteiger partial charge < -0.3 is 10.6 Å². The van der Waals surface area contributed by atoms with Crippen molar-refractivity contribution in [2.45, 2.75) is 25.8 Å². The summed E-state index contributed by atoms with van der Waals surface area (Å²) in [7, 11) is 2.01. The molecule has 20 heavy (non-hydrogen) atoms. The van der Waals surface area contributed by atoms with Gasteiger partial charge in [0.2, 0.25) is 5.91 Å². The number of nitrogens with one attached hydrogen (secondary N) is 2. The van der Waals surface area contributed by atoms with Crippen molar-refractivity contribution in [1.82, 2.24) is 15.5 Å². The van der Waals surface area contributed by atoms with Crippen molar-refractivity contribution in [2.75, 3.05) is 33.2 Å². The van der Waals surface area contributed by atoms with Crippen molar-refractivity contribution in [3.63, 3.8) is 0 Å². The number of thiophene rings is 1. The zero-order valence-corrected chi connectivity index (χ0v) is 13.2. The van der Waals surface area contributed by atoms with Gasteiger partial charge in [-0.05, 0) is 63.8 Å². The number of carbonyl (C=O) groups is 1. The summed E-state index contributed by atoms with van der Waals surface area (Å²) in [6, 6.07) is 4.21. The summed E-state index contributed by atoms with van der Waals surface area (Å²) < 4.78 is 0. The van der Waals surface area contributed by atoms with E-state index in [2.05, 4.69) is 21.6 Å². The summed E-state index contributed by atoms with van der Waals surface area (Å²) in [5.41, 5.74) is 0.